The van der Waals surface area contributed by atoms with Gasteiger partial charge in [0.15, 0.2) is 0 Å². The summed E-state index contributed by atoms with van der Waals surface area (Å²) in [5.74, 6) is -0.485. The van der Waals surface area contributed by atoms with E-state index in [2.05, 4.69) is 16.9 Å². The summed E-state index contributed by atoms with van der Waals surface area (Å²) in [6.45, 7) is 3.59. The van der Waals surface area contributed by atoms with Crippen LogP contribution in [0.15, 0.2) is 54.1 Å². The number of hydrogen-bond donors (Lipinski definition) is 1. The van der Waals surface area contributed by atoms with E-state index in [0.717, 1.165) is 6.08 Å². The SMILES string of the molecule is C=CC(=O)NC1CN(S(=O)(=O)c2ccc(Oc3ncc(C(F)(F)F)cc3Cl)cc2)C1. The van der Waals surface area contributed by atoms with Gasteiger partial charge in [0.1, 0.15) is 10.8 Å². The second-order valence-corrected chi connectivity index (χ2v) is 8.66. The largest absolute Gasteiger partial charge is 0.438 e. The maximum Gasteiger partial charge on any atom is 0.417 e. The number of halogens is 4. The van der Waals surface area contributed by atoms with Crippen molar-refractivity contribution in [2.75, 3.05) is 13.1 Å². The fraction of sp³-hybridized carbons (Fsp3) is 0.222. The third-order valence-corrected chi connectivity index (χ3v) is 6.31. The van der Waals surface area contributed by atoms with E-state index in [1.165, 1.54) is 28.6 Å². The lowest BCUT2D eigenvalue weighted by molar-refractivity contribution is -0.137. The average molecular weight is 462 g/mol. The molecule has 1 aliphatic rings. The molecule has 1 fully saturated rings. The number of rotatable bonds is 6. The van der Waals surface area contributed by atoms with Crippen molar-refractivity contribution in [3.63, 3.8) is 0 Å². The summed E-state index contributed by atoms with van der Waals surface area (Å²) in [6.07, 6.45) is -2.89. The highest BCUT2D eigenvalue weighted by Gasteiger charge is 2.37. The van der Waals surface area contributed by atoms with Gasteiger partial charge >= 0.3 is 6.18 Å². The van der Waals surface area contributed by atoms with Crippen molar-refractivity contribution in [3.8, 4) is 11.6 Å². The Kier molecular flexibility index (Phi) is 6.06. The van der Waals surface area contributed by atoms with Crippen LogP contribution in [0.25, 0.3) is 0 Å². The highest BCUT2D eigenvalue weighted by atomic mass is 35.5. The van der Waals surface area contributed by atoms with Crippen molar-refractivity contribution >= 4 is 27.5 Å². The summed E-state index contributed by atoms with van der Waals surface area (Å²) >= 11 is 5.79. The van der Waals surface area contributed by atoms with Crippen LogP contribution in [0.4, 0.5) is 13.2 Å². The third kappa shape index (κ3) is 4.74. The Morgan fingerprint density at radius 1 is 1.30 bits per heavy atom. The highest BCUT2D eigenvalue weighted by Crippen LogP contribution is 2.35. The minimum Gasteiger partial charge on any atom is -0.438 e. The molecule has 1 saturated heterocycles. The van der Waals surface area contributed by atoms with Gasteiger partial charge in [-0.15, -0.1) is 0 Å². The minimum absolute atomic E-state index is 0.00479. The van der Waals surface area contributed by atoms with Gasteiger partial charge in [-0.2, -0.15) is 17.5 Å². The molecule has 0 spiro atoms. The van der Waals surface area contributed by atoms with Gasteiger partial charge in [0.2, 0.25) is 21.8 Å². The molecule has 0 aliphatic carbocycles. The molecular weight excluding hydrogens is 447 g/mol. The number of benzene rings is 1. The first-order chi connectivity index (χ1) is 14.0. The van der Waals surface area contributed by atoms with E-state index in [-0.39, 0.29) is 46.6 Å². The number of amides is 1. The fourth-order valence-electron chi connectivity index (χ4n) is 2.58. The van der Waals surface area contributed by atoms with Gasteiger partial charge < -0.3 is 10.1 Å². The van der Waals surface area contributed by atoms with Crippen LogP contribution >= 0.6 is 11.6 Å². The highest BCUT2D eigenvalue weighted by molar-refractivity contribution is 7.89. The summed E-state index contributed by atoms with van der Waals surface area (Å²) < 4.78 is 69.7. The van der Waals surface area contributed by atoms with E-state index < -0.39 is 21.8 Å². The van der Waals surface area contributed by atoms with Gasteiger partial charge in [-0.05, 0) is 36.4 Å². The summed E-state index contributed by atoms with van der Waals surface area (Å²) in [5.41, 5.74) is -1.02. The normalized spacial score (nSPS) is 15.3. The van der Waals surface area contributed by atoms with Gasteiger partial charge in [-0.3, -0.25) is 4.79 Å². The zero-order valence-electron chi connectivity index (χ0n) is 15.2. The summed E-state index contributed by atoms with van der Waals surface area (Å²) in [5, 5.41) is 2.26. The van der Waals surface area contributed by atoms with E-state index >= 15 is 0 Å². The van der Waals surface area contributed by atoms with Crippen LogP contribution in [-0.4, -0.2) is 42.7 Å². The Hall–Kier alpha value is -2.63. The van der Waals surface area contributed by atoms with Crippen molar-refractivity contribution in [1.29, 1.82) is 0 Å². The molecule has 1 N–H and O–H groups in total. The van der Waals surface area contributed by atoms with Gasteiger partial charge in [-0.1, -0.05) is 18.2 Å². The number of sulfonamides is 1. The smallest absolute Gasteiger partial charge is 0.417 e. The average Bonchev–Trinajstić information content (AvgIpc) is 2.65. The molecule has 160 valence electrons. The number of alkyl halides is 3. The van der Waals surface area contributed by atoms with Crippen LogP contribution in [0, 0.1) is 0 Å². The second-order valence-electron chi connectivity index (χ2n) is 6.31. The van der Waals surface area contributed by atoms with E-state index in [1.54, 1.807) is 0 Å². The maximum absolute atomic E-state index is 12.7. The number of aromatic nitrogens is 1. The number of nitrogens with zero attached hydrogens (tertiary/aromatic N) is 2. The quantitative estimate of drug-likeness (QED) is 0.667. The molecule has 2 aromatic rings. The number of carbonyl (C=O) groups excluding carboxylic acids is 1. The number of nitrogens with one attached hydrogen (secondary N) is 1. The van der Waals surface area contributed by atoms with Gasteiger partial charge in [0.05, 0.1) is 16.5 Å². The Balaban J connectivity index is 1.67. The molecule has 0 saturated carbocycles. The van der Waals surface area contributed by atoms with Gasteiger partial charge in [0.25, 0.3) is 0 Å². The van der Waals surface area contributed by atoms with Crippen LogP contribution < -0.4 is 10.1 Å². The Labute approximate surface area is 175 Å². The Bertz CT molecular complexity index is 1070. The summed E-state index contributed by atoms with van der Waals surface area (Å²) in [7, 11) is -3.76. The molecule has 3 rings (SSSR count). The fourth-order valence-corrected chi connectivity index (χ4v) is 4.32. The zero-order chi connectivity index (χ0) is 22.1. The molecular formula is C18H15ClF3N3O4S. The molecule has 1 aromatic carbocycles. The lowest BCUT2D eigenvalue weighted by atomic mass is 10.2. The van der Waals surface area contributed by atoms with Crippen molar-refractivity contribution in [1.82, 2.24) is 14.6 Å². The Morgan fingerprint density at radius 2 is 1.93 bits per heavy atom. The van der Waals surface area contributed by atoms with E-state index in [1.807, 2.05) is 0 Å². The first-order valence-corrected chi connectivity index (χ1v) is 10.3. The maximum atomic E-state index is 12.7. The molecule has 0 bridgehead atoms. The summed E-state index contributed by atoms with van der Waals surface area (Å²) in [6, 6.07) is 5.64. The molecule has 1 aromatic heterocycles. The van der Waals surface area contributed by atoms with E-state index in [9.17, 15) is 26.4 Å². The van der Waals surface area contributed by atoms with Gasteiger partial charge in [-0.25, -0.2) is 13.4 Å². The molecule has 0 atom stereocenters. The second kappa shape index (κ2) is 8.25. The third-order valence-electron chi connectivity index (χ3n) is 4.19. The predicted molar refractivity (Wildman–Crippen MR) is 102 cm³/mol. The summed E-state index contributed by atoms with van der Waals surface area (Å²) in [4.78, 5) is 14.8. The van der Waals surface area contributed by atoms with E-state index in [0.29, 0.717) is 12.3 Å². The van der Waals surface area contributed by atoms with Crippen LogP contribution in [0.3, 0.4) is 0 Å². The molecule has 1 amide bonds. The molecule has 0 unspecified atom stereocenters. The lowest BCUT2D eigenvalue weighted by Crippen LogP contribution is -2.60. The van der Waals surface area contributed by atoms with Crippen LogP contribution in [0.5, 0.6) is 11.6 Å². The van der Waals surface area contributed by atoms with E-state index in [4.69, 9.17) is 16.3 Å². The zero-order valence-corrected chi connectivity index (χ0v) is 16.8. The number of pyridine rings is 1. The number of ether oxygens (including phenoxy) is 1. The van der Waals surface area contributed by atoms with Crippen molar-refractivity contribution in [3.05, 3.63) is 59.8 Å². The van der Waals surface area contributed by atoms with Crippen LogP contribution in [0.1, 0.15) is 5.56 Å². The molecule has 0 radical (unpaired) electrons. The van der Waals surface area contributed by atoms with Crippen LogP contribution in [-0.2, 0) is 21.0 Å². The van der Waals surface area contributed by atoms with Crippen molar-refractivity contribution in [2.45, 2.75) is 17.1 Å². The predicted octanol–water partition coefficient (Wildman–Crippen LogP) is 3.22. The van der Waals surface area contributed by atoms with Crippen molar-refractivity contribution in [2.24, 2.45) is 0 Å². The Morgan fingerprint density at radius 3 is 2.47 bits per heavy atom. The molecule has 30 heavy (non-hydrogen) atoms. The molecule has 2 heterocycles. The topological polar surface area (TPSA) is 88.6 Å². The molecule has 1 aliphatic heterocycles. The van der Waals surface area contributed by atoms with Crippen molar-refractivity contribution < 1.29 is 31.1 Å². The van der Waals surface area contributed by atoms with Crippen LogP contribution in [0.2, 0.25) is 5.02 Å². The first kappa shape index (κ1) is 22.1. The molecule has 12 heteroatoms. The number of carbonyl (C=O) groups is 1. The first-order valence-electron chi connectivity index (χ1n) is 8.44. The number of hydrogen-bond acceptors (Lipinski definition) is 5. The molecule has 7 nitrogen and oxygen atoms in total. The minimum atomic E-state index is -4.59. The standard InChI is InChI=1S/C18H15ClF3N3O4S/c1-2-16(26)24-12-9-25(10-12)30(27,28)14-5-3-13(4-6-14)29-17-15(19)7-11(8-23-17)18(20,21)22/h2-8,12H,1,9-10H2,(H,24,26). The lowest BCUT2D eigenvalue weighted by Gasteiger charge is -2.38. The van der Waals surface area contributed by atoms with Gasteiger partial charge in [0, 0.05) is 19.3 Å². The monoisotopic (exact) mass is 461 g/mol.